The second kappa shape index (κ2) is 20.4. The average molecular weight is 925 g/mol. The first-order valence-corrected chi connectivity index (χ1v) is 23.1. The number of Topliss-reactive ketones (excluding diaryl/α,β-unsaturated/α-hetero) is 2. The van der Waals surface area contributed by atoms with Gasteiger partial charge in [0.15, 0.2) is 17.7 Å². The normalized spacial score (nSPS) is 35.8. The molecule has 66 heavy (non-hydrogen) atoms. The first kappa shape index (κ1) is 49.4. The molecule has 5 aliphatic rings. The Morgan fingerprint density at radius 1 is 1.06 bits per heavy atom. The fraction of sp³-hybridized carbons (Fsp3) is 0.702. The van der Waals surface area contributed by atoms with Gasteiger partial charge in [-0.2, -0.15) is 0 Å². The third kappa shape index (κ3) is 10.2. The van der Waals surface area contributed by atoms with Gasteiger partial charge in [0.1, 0.15) is 48.0 Å². The molecule has 362 valence electrons. The molecule has 7 rings (SSSR count). The second-order valence-electron chi connectivity index (χ2n) is 18.8. The molecule has 0 radical (unpaired) electrons. The quantitative estimate of drug-likeness (QED) is 0.185. The van der Waals surface area contributed by atoms with Gasteiger partial charge in [-0.1, -0.05) is 31.9 Å². The number of likely N-dealkylation sites (N-methyl/N-ethyl adjacent to an activating group) is 1. The number of rotatable bonds is 12. The van der Waals surface area contributed by atoms with E-state index in [1.807, 2.05) is 25.1 Å². The van der Waals surface area contributed by atoms with Crippen LogP contribution in [0.2, 0.25) is 0 Å². The Kier molecular flexibility index (Phi) is 15.2. The number of morpholine rings is 1. The van der Waals surface area contributed by atoms with Gasteiger partial charge in [0.25, 0.3) is 0 Å². The van der Waals surface area contributed by atoms with Crippen LogP contribution in [0.1, 0.15) is 72.9 Å². The number of hydrogen-bond donors (Lipinski definition) is 1. The van der Waals surface area contributed by atoms with Crippen molar-refractivity contribution in [1.82, 2.24) is 19.9 Å². The Morgan fingerprint density at radius 3 is 2.48 bits per heavy atom. The molecule has 1 amide bonds. The van der Waals surface area contributed by atoms with Crippen molar-refractivity contribution < 1.29 is 61.8 Å². The van der Waals surface area contributed by atoms with Crippen LogP contribution < -0.4 is 9.80 Å². The van der Waals surface area contributed by atoms with Gasteiger partial charge in [-0.25, -0.2) is 13.9 Å². The predicted molar refractivity (Wildman–Crippen MR) is 236 cm³/mol. The number of aliphatic hydroxyl groups is 1. The molecule has 0 aliphatic carbocycles. The maximum absolute atomic E-state index is 15.2. The molecule has 2 aromatic rings. The summed E-state index contributed by atoms with van der Waals surface area (Å²) in [4.78, 5) is 60.5. The van der Waals surface area contributed by atoms with E-state index in [4.69, 9.17) is 39.6 Å². The molecule has 0 saturated carbocycles. The number of carbonyl (C=O) groups is 4. The van der Waals surface area contributed by atoms with E-state index in [-0.39, 0.29) is 43.9 Å². The molecule has 1 aromatic heterocycles. The number of fused-ring (bicyclic) bond motifs is 2. The number of hydrogen-bond acceptors (Lipinski definition) is 16. The zero-order valence-corrected chi connectivity index (χ0v) is 39.2. The lowest BCUT2D eigenvalue weighted by Gasteiger charge is -2.45. The van der Waals surface area contributed by atoms with Gasteiger partial charge in [0.2, 0.25) is 0 Å². The Bertz CT molecular complexity index is 2130. The number of aromatic nitrogens is 3. The summed E-state index contributed by atoms with van der Waals surface area (Å²) >= 11 is 0. The van der Waals surface area contributed by atoms with Crippen LogP contribution in [0.4, 0.5) is 20.6 Å². The van der Waals surface area contributed by atoms with Crippen LogP contribution in [-0.2, 0) is 60.5 Å². The van der Waals surface area contributed by atoms with Gasteiger partial charge in [-0.3, -0.25) is 19.3 Å². The van der Waals surface area contributed by atoms with Crippen LogP contribution in [-0.4, -0.2) is 162 Å². The number of methoxy groups -OCH3 is 1. The SMILES string of the molecule is C#C[C@]1(O)[C@@H]2O[C@@H](C(=O)[C@@H](C)C(=O)O[C@@H]1CC)[C@@H](O[C@H]1C[C@@H](N(C)CCc3cn(C[C@H]4CN(c5ccc(N6CCOCC6)c(F)c5)C(=O)O4)nn3)C[C@@H](C)O1)[C@](C)(OC)C[C@@H](C)C(=O)[C@@H]2C. The molecule has 1 aromatic carbocycles. The van der Waals surface area contributed by atoms with E-state index in [0.29, 0.717) is 63.5 Å². The van der Waals surface area contributed by atoms with Gasteiger partial charge in [0, 0.05) is 63.7 Å². The van der Waals surface area contributed by atoms with E-state index in [2.05, 4.69) is 21.1 Å². The highest BCUT2D eigenvalue weighted by atomic mass is 19.1. The number of halogens is 1. The van der Waals surface area contributed by atoms with E-state index in [1.54, 1.807) is 44.5 Å². The van der Waals surface area contributed by atoms with Crippen molar-refractivity contribution >= 4 is 35.0 Å². The van der Waals surface area contributed by atoms with E-state index < -0.39 is 89.4 Å². The third-order valence-electron chi connectivity index (χ3n) is 14.1. The van der Waals surface area contributed by atoms with Gasteiger partial charge >= 0.3 is 12.1 Å². The maximum atomic E-state index is 15.2. The summed E-state index contributed by atoms with van der Waals surface area (Å²) in [6, 6.07) is 4.71. The Hall–Kier alpha value is -4.55. The van der Waals surface area contributed by atoms with Crippen molar-refractivity contribution in [2.24, 2.45) is 17.8 Å². The van der Waals surface area contributed by atoms with Gasteiger partial charge in [-0.15, -0.1) is 11.5 Å². The minimum absolute atomic E-state index is 0.0493. The molecule has 18 nitrogen and oxygen atoms in total. The highest BCUT2D eigenvalue weighted by Gasteiger charge is 2.58. The maximum Gasteiger partial charge on any atom is 0.414 e. The first-order valence-electron chi connectivity index (χ1n) is 23.1. The summed E-state index contributed by atoms with van der Waals surface area (Å²) < 4.78 is 59.5. The van der Waals surface area contributed by atoms with Crippen molar-refractivity contribution in [1.29, 1.82) is 0 Å². The fourth-order valence-electron chi connectivity index (χ4n) is 10.1. The number of amides is 1. The molecular weight excluding hydrogens is 860 g/mol. The topological polar surface area (TPSA) is 194 Å². The van der Waals surface area contributed by atoms with Crippen LogP contribution in [0, 0.1) is 35.9 Å². The van der Waals surface area contributed by atoms with Crippen molar-refractivity contribution in [2.45, 2.75) is 140 Å². The van der Waals surface area contributed by atoms with E-state index >= 15 is 4.39 Å². The lowest BCUT2D eigenvalue weighted by molar-refractivity contribution is -0.280. The van der Waals surface area contributed by atoms with E-state index in [0.717, 1.165) is 5.69 Å². The van der Waals surface area contributed by atoms with Gasteiger partial charge in [0.05, 0.1) is 55.1 Å². The standard InChI is InChI=1S/C47H65FN6O12/c1-10-37-47(59,11-2)42-29(5)39(55)27(3)23-46(7,60-9)43(41(66-42)40(56)30(6)44(57)64-37)65-38-22-33(20-28(4)62-38)51(8)15-14-31-24-53(50-49-31)25-34-26-54(45(58)63-34)32-12-13-36(35(48)21-32)52-16-18-61-19-17-52/h2,12-13,21,24,27-30,33-34,37-38,41-43,59H,10,14-20,22-23,25-26H2,1,3-9H3/t27-,28-,29+,30-,33+,34+,37-,38+,41+,42-,43-,46-,47-/m1/s1. The fourth-order valence-corrected chi connectivity index (χ4v) is 10.1. The van der Waals surface area contributed by atoms with Crippen molar-refractivity contribution in [3.8, 4) is 12.3 Å². The molecule has 5 fully saturated rings. The van der Waals surface area contributed by atoms with E-state index in [9.17, 15) is 24.3 Å². The summed E-state index contributed by atoms with van der Waals surface area (Å²) in [5, 5.41) is 20.8. The van der Waals surface area contributed by atoms with Crippen LogP contribution in [0.5, 0.6) is 0 Å². The third-order valence-corrected chi connectivity index (χ3v) is 14.1. The monoisotopic (exact) mass is 924 g/mol. The van der Waals surface area contributed by atoms with Gasteiger partial charge in [-0.05, 0) is 65.3 Å². The number of cyclic esters (lactones) is 2. The highest BCUT2D eigenvalue weighted by molar-refractivity contribution is 6.01. The molecule has 5 aliphatic heterocycles. The minimum atomic E-state index is -2.27. The van der Waals surface area contributed by atoms with E-state index in [1.165, 1.54) is 25.0 Å². The zero-order chi connectivity index (χ0) is 47.7. The van der Waals surface area contributed by atoms with Crippen molar-refractivity contribution in [2.75, 3.05) is 63.4 Å². The first-order chi connectivity index (χ1) is 31.4. The summed E-state index contributed by atoms with van der Waals surface area (Å²) in [6.45, 7) is 13.4. The minimum Gasteiger partial charge on any atom is -0.458 e. The number of benzene rings is 1. The molecule has 2 bridgehead atoms. The molecular formula is C47H65FN6O12. The average Bonchev–Trinajstić information content (AvgIpc) is 3.93. The Morgan fingerprint density at radius 2 is 1.80 bits per heavy atom. The number of terminal acetylenes is 1. The van der Waals surface area contributed by atoms with Gasteiger partial charge < -0.3 is 48.1 Å². The summed E-state index contributed by atoms with van der Waals surface area (Å²) in [6.07, 6.45) is 1.91. The Balaban J connectivity index is 1.02. The largest absolute Gasteiger partial charge is 0.458 e. The number of esters is 1. The molecule has 0 spiro atoms. The van der Waals surface area contributed by atoms with Crippen LogP contribution in [0.3, 0.4) is 0 Å². The number of nitrogens with zero attached hydrogens (tertiary/aromatic N) is 6. The molecule has 1 N–H and O–H groups in total. The number of carbonyl (C=O) groups excluding carboxylic acids is 4. The number of anilines is 2. The van der Waals surface area contributed by atoms with Crippen LogP contribution in [0.25, 0.3) is 0 Å². The lowest BCUT2D eigenvalue weighted by Crippen LogP contribution is -2.61. The zero-order valence-electron chi connectivity index (χ0n) is 39.2. The molecule has 19 heteroatoms. The summed E-state index contributed by atoms with van der Waals surface area (Å²) in [5.74, 6) is -2.82. The lowest BCUT2D eigenvalue weighted by atomic mass is 9.76. The smallest absolute Gasteiger partial charge is 0.414 e. The molecule has 0 unspecified atom stereocenters. The second-order valence-corrected chi connectivity index (χ2v) is 18.8. The van der Waals surface area contributed by atoms with Crippen molar-refractivity contribution in [3.05, 3.63) is 35.9 Å². The predicted octanol–water partition coefficient (Wildman–Crippen LogP) is 3.34. The molecule has 5 saturated heterocycles. The Labute approximate surface area is 385 Å². The summed E-state index contributed by atoms with van der Waals surface area (Å²) in [7, 11) is 3.46. The number of ether oxygens (including phenoxy) is 7. The van der Waals surface area contributed by atoms with Crippen LogP contribution in [0.15, 0.2) is 24.4 Å². The van der Waals surface area contributed by atoms with Crippen LogP contribution >= 0.6 is 0 Å². The van der Waals surface area contributed by atoms with Crippen molar-refractivity contribution in [3.63, 3.8) is 0 Å². The summed E-state index contributed by atoms with van der Waals surface area (Å²) in [5.41, 5.74) is -1.97. The molecule has 13 atom stereocenters. The highest BCUT2D eigenvalue weighted by Crippen LogP contribution is 2.42. The molecule has 6 heterocycles. The number of ketones is 2.